The molecular formula is C22H23N5. The number of nitriles is 1. The van der Waals surface area contributed by atoms with Crippen molar-refractivity contribution in [1.29, 1.82) is 5.26 Å². The van der Waals surface area contributed by atoms with Crippen molar-refractivity contribution in [2.24, 2.45) is 0 Å². The van der Waals surface area contributed by atoms with E-state index in [1.54, 1.807) is 0 Å². The molecule has 1 saturated heterocycles. The van der Waals surface area contributed by atoms with Crippen LogP contribution in [0.4, 0.5) is 5.82 Å². The van der Waals surface area contributed by atoms with Crippen molar-refractivity contribution in [3.8, 4) is 6.07 Å². The van der Waals surface area contributed by atoms with Crippen LogP contribution < -0.4 is 4.90 Å². The lowest BCUT2D eigenvalue weighted by atomic mass is 10.0. The Hall–Kier alpha value is -2.97. The predicted molar refractivity (Wildman–Crippen MR) is 108 cm³/mol. The van der Waals surface area contributed by atoms with Gasteiger partial charge in [-0.1, -0.05) is 24.3 Å². The average molecular weight is 357 g/mol. The smallest absolute Gasteiger partial charge is 0.147 e. The summed E-state index contributed by atoms with van der Waals surface area (Å²) in [6.07, 6.45) is 2.89. The average Bonchev–Trinajstić information content (AvgIpc) is 2.94. The molecule has 0 spiro atoms. The maximum Gasteiger partial charge on any atom is 0.147 e. The van der Waals surface area contributed by atoms with Crippen molar-refractivity contribution in [1.82, 2.24) is 14.9 Å². The highest BCUT2D eigenvalue weighted by Crippen LogP contribution is 2.28. The molecular weight excluding hydrogens is 334 g/mol. The van der Waals surface area contributed by atoms with Gasteiger partial charge in [-0.3, -0.25) is 9.88 Å². The molecule has 0 radical (unpaired) electrons. The third kappa shape index (κ3) is 3.62. The Kier molecular flexibility index (Phi) is 4.99. The van der Waals surface area contributed by atoms with Crippen molar-refractivity contribution < 1.29 is 0 Å². The van der Waals surface area contributed by atoms with Gasteiger partial charge >= 0.3 is 0 Å². The van der Waals surface area contributed by atoms with Gasteiger partial charge < -0.3 is 4.90 Å². The second-order valence-electron chi connectivity index (χ2n) is 7.00. The zero-order valence-corrected chi connectivity index (χ0v) is 15.6. The lowest BCUT2D eigenvalue weighted by Gasteiger charge is -2.24. The molecule has 1 fully saturated rings. The van der Waals surface area contributed by atoms with Crippen LogP contribution >= 0.6 is 0 Å². The lowest BCUT2D eigenvalue weighted by Crippen LogP contribution is -2.31. The molecule has 0 bridgehead atoms. The fourth-order valence-corrected chi connectivity index (χ4v) is 3.78. The van der Waals surface area contributed by atoms with Gasteiger partial charge in [0, 0.05) is 44.3 Å². The molecule has 2 aromatic heterocycles. The lowest BCUT2D eigenvalue weighted by molar-refractivity contribution is 0.282. The van der Waals surface area contributed by atoms with Crippen LogP contribution in [0.1, 0.15) is 23.2 Å². The van der Waals surface area contributed by atoms with Crippen LogP contribution in [0, 0.1) is 18.3 Å². The van der Waals surface area contributed by atoms with Crippen LogP contribution in [0.25, 0.3) is 10.9 Å². The second kappa shape index (κ2) is 7.73. The monoisotopic (exact) mass is 357 g/mol. The fourth-order valence-electron chi connectivity index (χ4n) is 3.78. The summed E-state index contributed by atoms with van der Waals surface area (Å²) in [4.78, 5) is 14.0. The molecule has 0 saturated carbocycles. The minimum Gasteiger partial charge on any atom is -0.354 e. The molecule has 1 aliphatic rings. The standard InChI is InChI=1S/C22H23N5/c1-17-19-8-2-3-9-21(19)25-22(20(17)15-23)27-12-6-11-26(13-14-27)16-18-7-4-5-10-24-18/h2-5,7-10H,6,11-14,16H2,1H3. The van der Waals surface area contributed by atoms with Gasteiger partial charge in [0.05, 0.1) is 16.8 Å². The van der Waals surface area contributed by atoms with E-state index in [4.69, 9.17) is 4.98 Å². The summed E-state index contributed by atoms with van der Waals surface area (Å²) in [5.41, 5.74) is 3.78. The molecule has 0 unspecified atom stereocenters. The first-order valence-electron chi connectivity index (χ1n) is 9.43. The Balaban J connectivity index is 1.58. The SMILES string of the molecule is Cc1c(C#N)c(N2CCCN(Cc3ccccn3)CC2)nc2ccccc12. The van der Waals surface area contributed by atoms with E-state index in [1.807, 2.05) is 49.5 Å². The third-order valence-electron chi connectivity index (χ3n) is 5.24. The van der Waals surface area contributed by atoms with Crippen molar-refractivity contribution >= 4 is 16.7 Å². The summed E-state index contributed by atoms with van der Waals surface area (Å²) < 4.78 is 0. The van der Waals surface area contributed by atoms with Gasteiger partial charge in [-0.15, -0.1) is 0 Å². The van der Waals surface area contributed by atoms with Crippen molar-refractivity contribution in [2.75, 3.05) is 31.1 Å². The summed E-state index contributed by atoms with van der Waals surface area (Å²) in [7, 11) is 0. The normalized spacial score (nSPS) is 15.5. The first kappa shape index (κ1) is 17.4. The van der Waals surface area contributed by atoms with Crippen LogP contribution in [0.5, 0.6) is 0 Å². The Morgan fingerprint density at radius 3 is 2.70 bits per heavy atom. The van der Waals surface area contributed by atoms with E-state index < -0.39 is 0 Å². The number of rotatable bonds is 3. The van der Waals surface area contributed by atoms with Crippen LogP contribution in [0.3, 0.4) is 0 Å². The highest BCUT2D eigenvalue weighted by Gasteiger charge is 2.21. The molecule has 3 heterocycles. The number of anilines is 1. The van der Waals surface area contributed by atoms with Crippen LogP contribution in [0.2, 0.25) is 0 Å². The Bertz CT molecular complexity index is 977. The molecule has 0 aliphatic carbocycles. The molecule has 3 aromatic rings. The fraction of sp³-hybridized carbons (Fsp3) is 0.318. The van der Waals surface area contributed by atoms with Crippen molar-refractivity contribution in [2.45, 2.75) is 19.9 Å². The van der Waals surface area contributed by atoms with E-state index in [1.165, 1.54) is 0 Å². The maximum absolute atomic E-state index is 9.77. The zero-order valence-electron chi connectivity index (χ0n) is 15.6. The molecule has 27 heavy (non-hydrogen) atoms. The number of para-hydroxylation sites is 1. The van der Waals surface area contributed by atoms with Crippen LogP contribution in [0.15, 0.2) is 48.7 Å². The summed E-state index contributed by atoms with van der Waals surface area (Å²) in [6, 6.07) is 16.5. The number of nitrogens with zero attached hydrogens (tertiary/aromatic N) is 5. The molecule has 5 heteroatoms. The van der Waals surface area contributed by atoms with E-state index in [2.05, 4.69) is 26.9 Å². The molecule has 5 nitrogen and oxygen atoms in total. The van der Waals surface area contributed by atoms with E-state index in [-0.39, 0.29) is 0 Å². The molecule has 0 amide bonds. The van der Waals surface area contributed by atoms with Gasteiger partial charge in [0.1, 0.15) is 11.9 Å². The molecule has 0 atom stereocenters. The quantitative estimate of drug-likeness (QED) is 0.718. The highest BCUT2D eigenvalue weighted by atomic mass is 15.2. The Morgan fingerprint density at radius 2 is 1.89 bits per heavy atom. The zero-order chi connectivity index (χ0) is 18.6. The van der Waals surface area contributed by atoms with Gasteiger partial charge in [0.15, 0.2) is 0 Å². The largest absolute Gasteiger partial charge is 0.354 e. The molecule has 4 rings (SSSR count). The van der Waals surface area contributed by atoms with Gasteiger partial charge in [-0.25, -0.2) is 4.98 Å². The van der Waals surface area contributed by atoms with E-state index >= 15 is 0 Å². The van der Waals surface area contributed by atoms with E-state index in [0.717, 1.165) is 67.1 Å². The topological polar surface area (TPSA) is 56.1 Å². The summed E-state index contributed by atoms with van der Waals surface area (Å²) in [5, 5.41) is 10.8. The number of aryl methyl sites for hydroxylation is 1. The van der Waals surface area contributed by atoms with Crippen LogP contribution in [-0.4, -0.2) is 41.0 Å². The number of benzene rings is 1. The van der Waals surface area contributed by atoms with Gasteiger partial charge in [0.25, 0.3) is 0 Å². The highest BCUT2D eigenvalue weighted by molar-refractivity contribution is 5.87. The summed E-state index contributed by atoms with van der Waals surface area (Å²) in [6.45, 7) is 6.64. The van der Waals surface area contributed by atoms with Gasteiger partial charge in [-0.05, 0) is 37.1 Å². The van der Waals surface area contributed by atoms with Gasteiger partial charge in [0.2, 0.25) is 0 Å². The third-order valence-corrected chi connectivity index (χ3v) is 5.24. The molecule has 1 aromatic carbocycles. The van der Waals surface area contributed by atoms with E-state index in [0.29, 0.717) is 5.56 Å². The molecule has 1 aliphatic heterocycles. The maximum atomic E-state index is 9.77. The number of aromatic nitrogens is 2. The Labute approximate surface area is 159 Å². The molecule has 0 N–H and O–H groups in total. The summed E-state index contributed by atoms with van der Waals surface area (Å²) in [5.74, 6) is 0.827. The molecule has 136 valence electrons. The number of fused-ring (bicyclic) bond motifs is 1. The van der Waals surface area contributed by atoms with Crippen molar-refractivity contribution in [3.05, 3.63) is 65.5 Å². The minimum absolute atomic E-state index is 0.701. The minimum atomic E-state index is 0.701. The first-order valence-corrected chi connectivity index (χ1v) is 9.43. The predicted octanol–water partition coefficient (Wildman–Crippen LogP) is 3.52. The second-order valence-corrected chi connectivity index (χ2v) is 7.00. The van der Waals surface area contributed by atoms with Crippen LogP contribution in [-0.2, 0) is 6.54 Å². The number of hydrogen-bond acceptors (Lipinski definition) is 5. The number of hydrogen-bond donors (Lipinski definition) is 0. The first-order chi connectivity index (χ1) is 13.3. The Morgan fingerprint density at radius 1 is 1.04 bits per heavy atom. The van der Waals surface area contributed by atoms with Gasteiger partial charge in [-0.2, -0.15) is 5.26 Å². The van der Waals surface area contributed by atoms with Crippen molar-refractivity contribution in [3.63, 3.8) is 0 Å². The van der Waals surface area contributed by atoms with E-state index in [9.17, 15) is 5.26 Å². The number of pyridine rings is 2. The summed E-state index contributed by atoms with van der Waals surface area (Å²) >= 11 is 0.